The van der Waals surface area contributed by atoms with Crippen molar-refractivity contribution in [1.82, 2.24) is 4.90 Å². The van der Waals surface area contributed by atoms with Crippen molar-refractivity contribution < 1.29 is 0 Å². The molecule has 0 saturated heterocycles. The van der Waals surface area contributed by atoms with E-state index in [1.165, 1.54) is 5.56 Å². The summed E-state index contributed by atoms with van der Waals surface area (Å²) >= 11 is 7.69. The molecule has 0 spiro atoms. The third-order valence-electron chi connectivity index (χ3n) is 1.91. The van der Waals surface area contributed by atoms with Gasteiger partial charge in [-0.3, -0.25) is 0 Å². The molecule has 0 fully saturated rings. The summed E-state index contributed by atoms with van der Waals surface area (Å²) in [6.45, 7) is 0.887. The predicted molar refractivity (Wildman–Crippen MR) is 58.4 cm³/mol. The summed E-state index contributed by atoms with van der Waals surface area (Å²) in [4.78, 5) is 2.17. The lowest BCUT2D eigenvalue weighted by atomic mass is 10.2. The summed E-state index contributed by atoms with van der Waals surface area (Å²) in [6, 6.07) is 10.3. The van der Waals surface area contributed by atoms with Crippen LogP contribution in [0.25, 0.3) is 0 Å². The maximum absolute atomic E-state index is 6.05. The number of benzene rings is 1. The second kappa shape index (κ2) is 4.07. The van der Waals surface area contributed by atoms with Gasteiger partial charge in [0.15, 0.2) is 4.83 Å². The smallest absolute Gasteiger partial charge is 0.155 e. The maximum Gasteiger partial charge on any atom is 0.155 e. The van der Waals surface area contributed by atoms with Crippen LogP contribution >= 0.6 is 23.4 Å². The SMILES string of the molecule is ClC1SC=CN1Cc1ccccc1. The molecule has 0 saturated carbocycles. The van der Waals surface area contributed by atoms with E-state index in [0.717, 1.165) is 6.54 Å². The fourth-order valence-corrected chi connectivity index (χ4v) is 2.21. The molecule has 13 heavy (non-hydrogen) atoms. The van der Waals surface area contributed by atoms with E-state index in [1.54, 1.807) is 11.8 Å². The Kier molecular flexibility index (Phi) is 2.81. The van der Waals surface area contributed by atoms with E-state index < -0.39 is 0 Å². The Hall–Kier alpha value is -0.600. The van der Waals surface area contributed by atoms with Crippen molar-refractivity contribution in [2.45, 2.75) is 11.4 Å². The molecule has 1 aliphatic heterocycles. The highest BCUT2D eigenvalue weighted by molar-refractivity contribution is 8.04. The quantitative estimate of drug-likeness (QED) is 0.546. The fraction of sp³-hybridized carbons (Fsp3) is 0.200. The van der Waals surface area contributed by atoms with Gasteiger partial charge >= 0.3 is 0 Å². The van der Waals surface area contributed by atoms with Crippen molar-refractivity contribution in [2.24, 2.45) is 0 Å². The monoisotopic (exact) mass is 211 g/mol. The average Bonchev–Trinajstić information content (AvgIpc) is 2.54. The number of hydrogen-bond donors (Lipinski definition) is 0. The van der Waals surface area contributed by atoms with Gasteiger partial charge in [0, 0.05) is 12.7 Å². The molecule has 1 aliphatic rings. The molecule has 0 aliphatic carbocycles. The number of nitrogens with zero attached hydrogens (tertiary/aromatic N) is 1. The third-order valence-corrected chi connectivity index (χ3v) is 3.25. The Morgan fingerprint density at radius 2 is 2.08 bits per heavy atom. The van der Waals surface area contributed by atoms with Gasteiger partial charge in [0.05, 0.1) is 0 Å². The van der Waals surface area contributed by atoms with E-state index >= 15 is 0 Å². The molecule has 0 N–H and O–H groups in total. The summed E-state index contributed by atoms with van der Waals surface area (Å²) in [6.07, 6.45) is 2.04. The molecule has 2 rings (SSSR count). The normalized spacial score (nSPS) is 21.0. The van der Waals surface area contributed by atoms with E-state index in [9.17, 15) is 0 Å². The Labute approximate surface area is 87.4 Å². The lowest BCUT2D eigenvalue weighted by Gasteiger charge is -2.19. The Bertz CT molecular complexity index is 299. The molecule has 0 amide bonds. The van der Waals surface area contributed by atoms with Gasteiger partial charge in [-0.25, -0.2) is 0 Å². The van der Waals surface area contributed by atoms with Gasteiger partial charge in [0.2, 0.25) is 0 Å². The predicted octanol–water partition coefficient (Wildman–Crippen LogP) is 3.23. The van der Waals surface area contributed by atoms with E-state index in [-0.39, 0.29) is 4.83 Å². The van der Waals surface area contributed by atoms with Crippen molar-refractivity contribution in [1.29, 1.82) is 0 Å². The Morgan fingerprint density at radius 3 is 2.69 bits per heavy atom. The Balaban J connectivity index is 2.02. The van der Waals surface area contributed by atoms with Crippen molar-refractivity contribution in [3.63, 3.8) is 0 Å². The highest BCUT2D eigenvalue weighted by Gasteiger charge is 2.16. The lowest BCUT2D eigenvalue weighted by molar-refractivity contribution is 0.415. The number of thioether (sulfide) groups is 1. The van der Waals surface area contributed by atoms with Crippen molar-refractivity contribution in [3.05, 3.63) is 47.5 Å². The maximum atomic E-state index is 6.05. The lowest BCUT2D eigenvalue weighted by Crippen LogP contribution is -2.18. The topological polar surface area (TPSA) is 3.24 Å². The van der Waals surface area contributed by atoms with Crippen molar-refractivity contribution >= 4 is 23.4 Å². The summed E-state index contributed by atoms with van der Waals surface area (Å²) in [5.41, 5.74) is 1.29. The zero-order valence-corrected chi connectivity index (χ0v) is 8.63. The molecular formula is C10H10ClNS. The molecule has 0 bridgehead atoms. The van der Waals surface area contributed by atoms with Crippen LogP contribution in [0, 0.1) is 0 Å². The first-order valence-electron chi connectivity index (χ1n) is 4.12. The minimum absolute atomic E-state index is 0.0557. The summed E-state index contributed by atoms with van der Waals surface area (Å²) in [5, 5.41) is 2.03. The summed E-state index contributed by atoms with van der Waals surface area (Å²) in [7, 11) is 0. The fourth-order valence-electron chi connectivity index (χ4n) is 1.24. The second-order valence-corrected chi connectivity index (χ2v) is 4.53. The highest BCUT2D eigenvalue weighted by atomic mass is 35.5. The first-order chi connectivity index (χ1) is 6.36. The minimum atomic E-state index is 0.0557. The van der Waals surface area contributed by atoms with Crippen molar-refractivity contribution in [3.8, 4) is 0 Å². The number of alkyl halides is 1. The largest absolute Gasteiger partial charge is 0.348 e. The first-order valence-corrected chi connectivity index (χ1v) is 5.50. The van der Waals surface area contributed by atoms with Gasteiger partial charge in [0.25, 0.3) is 0 Å². The molecule has 0 radical (unpaired) electrons. The van der Waals surface area contributed by atoms with Crippen molar-refractivity contribution in [2.75, 3.05) is 0 Å². The first kappa shape index (κ1) is 8.97. The highest BCUT2D eigenvalue weighted by Crippen LogP contribution is 2.29. The zero-order chi connectivity index (χ0) is 9.10. The number of hydrogen-bond acceptors (Lipinski definition) is 2. The van der Waals surface area contributed by atoms with Crippen LogP contribution < -0.4 is 0 Å². The molecule has 1 atom stereocenters. The van der Waals surface area contributed by atoms with Gasteiger partial charge in [0.1, 0.15) is 0 Å². The van der Waals surface area contributed by atoms with Crippen LogP contribution in [0.1, 0.15) is 5.56 Å². The molecule has 3 heteroatoms. The van der Waals surface area contributed by atoms with Gasteiger partial charge in [-0.05, 0) is 11.0 Å². The summed E-state index contributed by atoms with van der Waals surface area (Å²) < 4.78 is 0. The van der Waals surface area contributed by atoms with E-state index in [2.05, 4.69) is 17.0 Å². The number of rotatable bonds is 2. The van der Waals surface area contributed by atoms with E-state index in [4.69, 9.17) is 11.6 Å². The number of halogens is 1. The van der Waals surface area contributed by atoms with Crippen LogP contribution in [-0.2, 0) is 6.54 Å². The molecule has 1 unspecified atom stereocenters. The van der Waals surface area contributed by atoms with Gasteiger partial charge in [-0.15, -0.1) is 0 Å². The molecule has 1 aromatic rings. The molecule has 1 nitrogen and oxygen atoms in total. The Morgan fingerprint density at radius 1 is 1.31 bits per heavy atom. The van der Waals surface area contributed by atoms with Gasteiger partial charge in [-0.1, -0.05) is 53.7 Å². The van der Waals surface area contributed by atoms with Crippen LogP contribution in [0.4, 0.5) is 0 Å². The van der Waals surface area contributed by atoms with Crippen LogP contribution in [0.5, 0.6) is 0 Å². The van der Waals surface area contributed by atoms with Crippen LogP contribution in [0.15, 0.2) is 41.9 Å². The molecule has 1 aromatic carbocycles. The molecular weight excluding hydrogens is 202 g/mol. The minimum Gasteiger partial charge on any atom is -0.348 e. The summed E-state index contributed by atoms with van der Waals surface area (Å²) in [5.74, 6) is 0. The van der Waals surface area contributed by atoms with Gasteiger partial charge in [-0.2, -0.15) is 0 Å². The van der Waals surface area contributed by atoms with Crippen LogP contribution in [0.3, 0.4) is 0 Å². The molecule has 0 aromatic heterocycles. The van der Waals surface area contributed by atoms with E-state index in [0.29, 0.717) is 0 Å². The molecule has 1 heterocycles. The molecule has 68 valence electrons. The standard InChI is InChI=1S/C10H10ClNS/c11-10-12(6-7-13-10)8-9-4-2-1-3-5-9/h1-7,10H,8H2. The van der Waals surface area contributed by atoms with Gasteiger partial charge < -0.3 is 4.90 Å². The zero-order valence-electron chi connectivity index (χ0n) is 7.06. The van der Waals surface area contributed by atoms with Crippen LogP contribution in [0.2, 0.25) is 0 Å². The average molecular weight is 212 g/mol. The van der Waals surface area contributed by atoms with Crippen LogP contribution in [-0.4, -0.2) is 9.73 Å². The third kappa shape index (κ3) is 2.20. The second-order valence-electron chi connectivity index (χ2n) is 2.87. The van der Waals surface area contributed by atoms with E-state index in [1.807, 2.05) is 29.8 Å².